The monoisotopic (exact) mass is 412 g/mol. The molecule has 1 saturated carbocycles. The molecule has 1 aliphatic rings. The van der Waals surface area contributed by atoms with Gasteiger partial charge in [-0.3, -0.25) is 9.59 Å². The molecule has 0 aromatic heterocycles. The van der Waals surface area contributed by atoms with E-state index in [9.17, 15) is 14.4 Å². The molecule has 1 fully saturated rings. The van der Waals surface area contributed by atoms with E-state index in [0.29, 0.717) is 51.7 Å². The molecule has 0 saturated heterocycles. The summed E-state index contributed by atoms with van der Waals surface area (Å²) in [5, 5.41) is 3.02. The Kier molecular flexibility index (Phi) is 12.8. The summed E-state index contributed by atoms with van der Waals surface area (Å²) in [5.41, 5.74) is 0. The second-order valence-corrected chi connectivity index (χ2v) is 8.57. The molecule has 0 aromatic carbocycles. The SMILES string of the molecule is CC(C)CC(=O)N(CCOCCOCCC(=O)NC1CCC(C=O)CC1)C(C)C. The van der Waals surface area contributed by atoms with Crippen molar-refractivity contribution in [2.45, 2.75) is 78.3 Å². The third kappa shape index (κ3) is 11.3. The summed E-state index contributed by atoms with van der Waals surface area (Å²) in [4.78, 5) is 36.8. The molecule has 1 rings (SSSR count). The number of hydrogen-bond acceptors (Lipinski definition) is 5. The maximum Gasteiger partial charge on any atom is 0.223 e. The van der Waals surface area contributed by atoms with Crippen molar-refractivity contribution in [3.8, 4) is 0 Å². The third-order valence-electron chi connectivity index (χ3n) is 5.18. The van der Waals surface area contributed by atoms with Crippen LogP contribution in [-0.2, 0) is 23.9 Å². The lowest BCUT2D eigenvalue weighted by molar-refractivity contribution is -0.134. The fraction of sp³-hybridized carbons (Fsp3) is 0.864. The molecule has 0 unspecified atom stereocenters. The highest BCUT2D eigenvalue weighted by Crippen LogP contribution is 2.22. The van der Waals surface area contributed by atoms with Crippen LogP contribution in [0.25, 0.3) is 0 Å². The van der Waals surface area contributed by atoms with Gasteiger partial charge < -0.3 is 24.5 Å². The van der Waals surface area contributed by atoms with Gasteiger partial charge in [0, 0.05) is 37.4 Å². The lowest BCUT2D eigenvalue weighted by atomic mass is 9.87. The molecular weight excluding hydrogens is 372 g/mol. The minimum absolute atomic E-state index is 0.00304. The number of carbonyl (C=O) groups is 3. The molecule has 0 heterocycles. The number of nitrogens with zero attached hydrogens (tertiary/aromatic N) is 1. The lowest BCUT2D eigenvalue weighted by Crippen LogP contribution is -2.40. The van der Waals surface area contributed by atoms with Gasteiger partial charge in [0.25, 0.3) is 0 Å². The average molecular weight is 413 g/mol. The molecule has 7 heteroatoms. The topological polar surface area (TPSA) is 84.9 Å². The molecule has 0 aliphatic heterocycles. The number of carbonyl (C=O) groups excluding carboxylic acids is 3. The molecule has 0 spiro atoms. The van der Waals surface area contributed by atoms with Gasteiger partial charge in [-0.05, 0) is 45.4 Å². The highest BCUT2D eigenvalue weighted by Gasteiger charge is 2.21. The molecule has 0 radical (unpaired) electrons. The third-order valence-corrected chi connectivity index (χ3v) is 5.18. The largest absolute Gasteiger partial charge is 0.379 e. The van der Waals surface area contributed by atoms with Crippen LogP contribution < -0.4 is 5.32 Å². The van der Waals surface area contributed by atoms with Crippen LogP contribution in [0.1, 0.15) is 66.2 Å². The van der Waals surface area contributed by atoms with Gasteiger partial charge in [0.1, 0.15) is 6.29 Å². The van der Waals surface area contributed by atoms with Crippen molar-refractivity contribution in [2.24, 2.45) is 11.8 Å². The molecule has 168 valence electrons. The molecule has 0 aromatic rings. The van der Waals surface area contributed by atoms with Crippen LogP contribution in [0.4, 0.5) is 0 Å². The molecule has 2 amide bonds. The van der Waals surface area contributed by atoms with E-state index in [1.807, 2.05) is 32.6 Å². The minimum atomic E-state index is -0.00304. The first-order valence-corrected chi connectivity index (χ1v) is 11.0. The van der Waals surface area contributed by atoms with Crippen molar-refractivity contribution < 1.29 is 23.9 Å². The Morgan fingerprint density at radius 2 is 1.62 bits per heavy atom. The Balaban J connectivity index is 2.04. The molecule has 1 aliphatic carbocycles. The van der Waals surface area contributed by atoms with E-state index in [1.54, 1.807) is 0 Å². The summed E-state index contributed by atoms with van der Waals surface area (Å²) < 4.78 is 11.0. The summed E-state index contributed by atoms with van der Waals surface area (Å²) in [6.07, 6.45) is 5.38. The van der Waals surface area contributed by atoms with Crippen LogP contribution >= 0.6 is 0 Å². The number of aldehydes is 1. The quantitative estimate of drug-likeness (QED) is 0.350. The van der Waals surface area contributed by atoms with E-state index in [4.69, 9.17) is 9.47 Å². The van der Waals surface area contributed by atoms with Gasteiger partial charge in [-0.15, -0.1) is 0 Å². The van der Waals surface area contributed by atoms with E-state index in [0.717, 1.165) is 32.0 Å². The number of ether oxygens (including phenoxy) is 2. The highest BCUT2D eigenvalue weighted by molar-refractivity contribution is 5.76. The number of nitrogens with one attached hydrogen (secondary N) is 1. The fourth-order valence-electron chi connectivity index (χ4n) is 3.49. The Bertz CT molecular complexity index is 488. The van der Waals surface area contributed by atoms with Crippen LogP contribution in [0.15, 0.2) is 0 Å². The van der Waals surface area contributed by atoms with E-state index in [2.05, 4.69) is 5.32 Å². The van der Waals surface area contributed by atoms with Crippen LogP contribution in [-0.4, -0.2) is 68.1 Å². The summed E-state index contributed by atoms with van der Waals surface area (Å²) in [6, 6.07) is 0.345. The standard InChI is InChI=1S/C22H40N2O5/c1-17(2)15-22(27)24(18(3)4)10-12-29-14-13-28-11-9-21(26)23-20-7-5-19(16-25)6-8-20/h16-20H,5-15H2,1-4H3,(H,23,26). The second-order valence-electron chi connectivity index (χ2n) is 8.57. The number of hydrogen-bond donors (Lipinski definition) is 1. The van der Waals surface area contributed by atoms with E-state index >= 15 is 0 Å². The minimum Gasteiger partial charge on any atom is -0.379 e. The second kappa shape index (κ2) is 14.5. The average Bonchev–Trinajstić information content (AvgIpc) is 2.66. The molecule has 0 bridgehead atoms. The molecule has 1 N–H and O–H groups in total. The van der Waals surface area contributed by atoms with E-state index in [-0.39, 0.29) is 29.8 Å². The molecule has 7 nitrogen and oxygen atoms in total. The van der Waals surface area contributed by atoms with Gasteiger partial charge in [0.2, 0.25) is 11.8 Å². The van der Waals surface area contributed by atoms with Crippen LogP contribution in [0.3, 0.4) is 0 Å². The molecule has 0 atom stereocenters. The smallest absolute Gasteiger partial charge is 0.223 e. The van der Waals surface area contributed by atoms with Gasteiger partial charge in [0.05, 0.1) is 26.4 Å². The van der Waals surface area contributed by atoms with Gasteiger partial charge in [0.15, 0.2) is 0 Å². The van der Waals surface area contributed by atoms with Gasteiger partial charge in [-0.2, -0.15) is 0 Å². The van der Waals surface area contributed by atoms with Crippen molar-refractivity contribution in [1.29, 1.82) is 0 Å². The Morgan fingerprint density at radius 1 is 1.00 bits per heavy atom. The first kappa shape index (κ1) is 25.6. The number of rotatable bonds is 14. The van der Waals surface area contributed by atoms with Crippen molar-refractivity contribution >= 4 is 18.1 Å². The normalized spacial score (nSPS) is 19.4. The van der Waals surface area contributed by atoms with Gasteiger partial charge >= 0.3 is 0 Å². The fourth-order valence-corrected chi connectivity index (χ4v) is 3.49. The van der Waals surface area contributed by atoms with Crippen molar-refractivity contribution in [3.05, 3.63) is 0 Å². The van der Waals surface area contributed by atoms with Gasteiger partial charge in [-0.1, -0.05) is 13.8 Å². The zero-order valence-electron chi connectivity index (χ0n) is 18.7. The summed E-state index contributed by atoms with van der Waals surface area (Å²) in [7, 11) is 0. The predicted octanol–water partition coefficient (Wildman–Crippen LogP) is 2.57. The molecule has 29 heavy (non-hydrogen) atoms. The Morgan fingerprint density at radius 3 is 2.17 bits per heavy atom. The predicted molar refractivity (Wildman–Crippen MR) is 113 cm³/mol. The highest BCUT2D eigenvalue weighted by atomic mass is 16.5. The van der Waals surface area contributed by atoms with E-state index in [1.165, 1.54) is 0 Å². The van der Waals surface area contributed by atoms with E-state index < -0.39 is 0 Å². The van der Waals surface area contributed by atoms with Crippen molar-refractivity contribution in [2.75, 3.05) is 33.0 Å². The maximum atomic E-state index is 12.2. The van der Waals surface area contributed by atoms with Crippen LogP contribution in [0, 0.1) is 11.8 Å². The Hall–Kier alpha value is -1.47. The maximum absolute atomic E-state index is 12.2. The Labute approximate surface area is 175 Å². The van der Waals surface area contributed by atoms with Crippen molar-refractivity contribution in [1.82, 2.24) is 10.2 Å². The zero-order chi connectivity index (χ0) is 21.6. The first-order chi connectivity index (χ1) is 13.8. The lowest BCUT2D eigenvalue weighted by Gasteiger charge is -2.27. The van der Waals surface area contributed by atoms with Crippen molar-refractivity contribution in [3.63, 3.8) is 0 Å². The van der Waals surface area contributed by atoms with Crippen LogP contribution in [0.5, 0.6) is 0 Å². The number of amides is 2. The summed E-state index contributed by atoms with van der Waals surface area (Å²) in [5.74, 6) is 0.672. The van der Waals surface area contributed by atoms with Crippen LogP contribution in [0.2, 0.25) is 0 Å². The zero-order valence-corrected chi connectivity index (χ0v) is 18.7. The summed E-state index contributed by atoms with van der Waals surface area (Å²) >= 11 is 0. The summed E-state index contributed by atoms with van der Waals surface area (Å²) in [6.45, 7) is 10.4. The molecular formula is C22H40N2O5. The first-order valence-electron chi connectivity index (χ1n) is 11.0. The van der Waals surface area contributed by atoms with Gasteiger partial charge in [-0.25, -0.2) is 0 Å².